The van der Waals surface area contributed by atoms with Gasteiger partial charge in [0.1, 0.15) is 0 Å². The summed E-state index contributed by atoms with van der Waals surface area (Å²) < 4.78 is 0. The number of nitrogens with one attached hydrogen (secondary N) is 1. The molecule has 0 amide bonds. The fraction of sp³-hybridized carbons (Fsp3) is 0.500. The zero-order valence-electron chi connectivity index (χ0n) is 11.4. The first-order valence-corrected chi connectivity index (χ1v) is 7.61. The first-order valence-electron chi connectivity index (χ1n) is 6.79. The molecule has 0 aliphatic carbocycles. The van der Waals surface area contributed by atoms with Crippen molar-refractivity contribution in [3.63, 3.8) is 0 Å². The van der Waals surface area contributed by atoms with Crippen molar-refractivity contribution in [2.75, 3.05) is 24.5 Å². The van der Waals surface area contributed by atoms with E-state index in [1.807, 2.05) is 0 Å². The van der Waals surface area contributed by atoms with Crippen LogP contribution in [0.25, 0.3) is 10.7 Å². The van der Waals surface area contributed by atoms with Crippen LogP contribution in [0.1, 0.15) is 12.8 Å². The van der Waals surface area contributed by atoms with Crippen molar-refractivity contribution in [3.8, 4) is 10.7 Å². The smallest absolute Gasteiger partial charge is 0.324 e. The molecule has 1 aliphatic rings. The summed E-state index contributed by atoms with van der Waals surface area (Å²) in [4.78, 5) is 17.6. The molecular weight excluding hydrogens is 292 g/mol. The zero-order valence-corrected chi connectivity index (χ0v) is 12.2. The van der Waals surface area contributed by atoms with Gasteiger partial charge >= 0.3 is 5.00 Å². The lowest BCUT2D eigenvalue weighted by Gasteiger charge is -2.30. The maximum atomic E-state index is 10.7. The Morgan fingerprint density at radius 2 is 2.24 bits per heavy atom. The fourth-order valence-electron chi connectivity index (χ4n) is 2.43. The van der Waals surface area contributed by atoms with Crippen molar-refractivity contribution in [1.29, 1.82) is 0 Å². The van der Waals surface area contributed by atoms with Crippen molar-refractivity contribution in [3.05, 3.63) is 22.2 Å². The third-order valence-corrected chi connectivity index (χ3v) is 4.75. The van der Waals surface area contributed by atoms with Gasteiger partial charge in [-0.25, -0.2) is 0 Å². The van der Waals surface area contributed by atoms with Gasteiger partial charge in [0.15, 0.2) is 5.82 Å². The van der Waals surface area contributed by atoms with Gasteiger partial charge in [-0.3, -0.25) is 15.2 Å². The highest BCUT2D eigenvalue weighted by molar-refractivity contribution is 7.18. The van der Waals surface area contributed by atoms with E-state index in [0.29, 0.717) is 17.7 Å². The number of aromatic amines is 1. The van der Waals surface area contributed by atoms with Crippen LogP contribution in [-0.4, -0.2) is 39.7 Å². The van der Waals surface area contributed by atoms with Crippen molar-refractivity contribution in [2.24, 2.45) is 11.7 Å². The molecule has 0 bridgehead atoms. The Morgan fingerprint density at radius 3 is 2.86 bits per heavy atom. The molecule has 0 saturated carbocycles. The summed E-state index contributed by atoms with van der Waals surface area (Å²) in [6.07, 6.45) is 2.09. The molecule has 0 unspecified atom stereocenters. The lowest BCUT2D eigenvalue weighted by atomic mass is 9.97. The van der Waals surface area contributed by atoms with Gasteiger partial charge in [-0.1, -0.05) is 11.3 Å². The molecular formula is C12H16N6O2S. The van der Waals surface area contributed by atoms with Crippen LogP contribution in [0, 0.1) is 16.0 Å². The summed E-state index contributed by atoms with van der Waals surface area (Å²) in [5, 5.41) is 17.9. The Kier molecular flexibility index (Phi) is 3.84. The molecule has 1 saturated heterocycles. The van der Waals surface area contributed by atoms with Crippen LogP contribution in [-0.2, 0) is 0 Å². The second kappa shape index (κ2) is 5.78. The van der Waals surface area contributed by atoms with E-state index in [1.165, 1.54) is 6.07 Å². The Morgan fingerprint density at radius 1 is 1.48 bits per heavy atom. The highest BCUT2D eigenvalue weighted by atomic mass is 32.1. The lowest BCUT2D eigenvalue weighted by molar-refractivity contribution is -0.380. The molecule has 1 fully saturated rings. The molecule has 1 aliphatic heterocycles. The average molecular weight is 308 g/mol. The minimum absolute atomic E-state index is 0.103. The first-order chi connectivity index (χ1) is 10.2. The number of piperidine rings is 1. The van der Waals surface area contributed by atoms with Crippen LogP contribution < -0.4 is 10.6 Å². The Bertz CT molecular complexity index is 631. The van der Waals surface area contributed by atoms with E-state index < -0.39 is 4.92 Å². The van der Waals surface area contributed by atoms with E-state index in [9.17, 15) is 10.1 Å². The quantitative estimate of drug-likeness (QED) is 0.655. The van der Waals surface area contributed by atoms with Gasteiger partial charge in [0.05, 0.1) is 9.80 Å². The van der Waals surface area contributed by atoms with Gasteiger partial charge in [0, 0.05) is 19.2 Å². The lowest BCUT2D eigenvalue weighted by Crippen LogP contribution is -2.36. The number of thiophene rings is 1. The monoisotopic (exact) mass is 308 g/mol. The Labute approximate surface area is 125 Å². The molecule has 0 radical (unpaired) electrons. The van der Waals surface area contributed by atoms with Gasteiger partial charge < -0.3 is 10.6 Å². The van der Waals surface area contributed by atoms with Crippen LogP contribution in [0.3, 0.4) is 0 Å². The Hall–Kier alpha value is -2.00. The summed E-state index contributed by atoms with van der Waals surface area (Å²) >= 11 is 1.09. The van der Waals surface area contributed by atoms with Crippen LogP contribution in [0.2, 0.25) is 0 Å². The minimum Gasteiger partial charge on any atom is -0.340 e. The van der Waals surface area contributed by atoms with Crippen molar-refractivity contribution in [1.82, 2.24) is 15.2 Å². The maximum Gasteiger partial charge on any atom is 0.324 e. The molecule has 21 heavy (non-hydrogen) atoms. The Balaban J connectivity index is 1.72. The summed E-state index contributed by atoms with van der Waals surface area (Å²) in [5.74, 6) is 1.81. The van der Waals surface area contributed by atoms with Gasteiger partial charge in [-0.2, -0.15) is 4.98 Å². The molecule has 2 aromatic heterocycles. The van der Waals surface area contributed by atoms with Gasteiger partial charge in [-0.15, -0.1) is 5.10 Å². The predicted molar refractivity (Wildman–Crippen MR) is 80.3 cm³/mol. The van der Waals surface area contributed by atoms with E-state index in [0.717, 1.165) is 48.7 Å². The molecule has 2 aromatic rings. The van der Waals surface area contributed by atoms with Gasteiger partial charge in [0.2, 0.25) is 5.95 Å². The number of nitro groups is 1. The minimum atomic E-state index is -0.400. The number of aromatic nitrogens is 3. The molecule has 3 heterocycles. The number of H-pyrrole nitrogens is 1. The first kappa shape index (κ1) is 14.0. The molecule has 0 atom stereocenters. The largest absolute Gasteiger partial charge is 0.340 e. The second-order valence-electron chi connectivity index (χ2n) is 5.05. The zero-order chi connectivity index (χ0) is 14.8. The molecule has 0 aromatic carbocycles. The number of anilines is 1. The summed E-state index contributed by atoms with van der Waals surface area (Å²) in [5.41, 5.74) is 5.68. The van der Waals surface area contributed by atoms with Crippen LogP contribution in [0.4, 0.5) is 10.9 Å². The normalized spacial score (nSPS) is 16.3. The van der Waals surface area contributed by atoms with Crippen molar-refractivity contribution < 1.29 is 4.92 Å². The van der Waals surface area contributed by atoms with E-state index >= 15 is 0 Å². The van der Waals surface area contributed by atoms with Crippen LogP contribution >= 0.6 is 11.3 Å². The SMILES string of the molecule is NCC1CCN(c2n[nH]c(-c3ccc([N+](=O)[O-])s3)n2)CC1. The van der Waals surface area contributed by atoms with Gasteiger partial charge in [0.25, 0.3) is 0 Å². The van der Waals surface area contributed by atoms with Crippen molar-refractivity contribution >= 4 is 22.3 Å². The van der Waals surface area contributed by atoms with E-state index in [2.05, 4.69) is 20.1 Å². The summed E-state index contributed by atoms with van der Waals surface area (Å²) in [6, 6.07) is 3.17. The topological polar surface area (TPSA) is 114 Å². The third kappa shape index (κ3) is 2.88. The summed E-state index contributed by atoms with van der Waals surface area (Å²) in [6.45, 7) is 2.51. The third-order valence-electron chi connectivity index (χ3n) is 3.71. The average Bonchev–Trinajstić information content (AvgIpc) is 3.16. The molecule has 9 heteroatoms. The number of nitrogens with two attached hydrogens (primary N) is 1. The highest BCUT2D eigenvalue weighted by Gasteiger charge is 2.22. The van der Waals surface area contributed by atoms with Gasteiger partial charge in [-0.05, 0) is 31.4 Å². The fourth-order valence-corrected chi connectivity index (χ4v) is 3.19. The van der Waals surface area contributed by atoms with Crippen LogP contribution in [0.15, 0.2) is 12.1 Å². The summed E-state index contributed by atoms with van der Waals surface area (Å²) in [7, 11) is 0. The van der Waals surface area contributed by atoms with Crippen LogP contribution in [0.5, 0.6) is 0 Å². The standard InChI is InChI=1S/C12H16N6O2S/c13-7-8-3-5-17(6-4-8)12-14-11(15-16-12)9-1-2-10(21-9)18(19)20/h1-2,8H,3-7,13H2,(H,14,15,16). The molecule has 3 rings (SSSR count). The molecule has 112 valence electrons. The number of rotatable bonds is 4. The molecule has 0 spiro atoms. The van der Waals surface area contributed by atoms with Crippen molar-refractivity contribution in [2.45, 2.75) is 12.8 Å². The number of nitrogens with zero attached hydrogens (tertiary/aromatic N) is 4. The molecule has 8 nitrogen and oxygen atoms in total. The number of hydrogen-bond donors (Lipinski definition) is 2. The van der Waals surface area contributed by atoms with E-state index in [1.54, 1.807) is 6.07 Å². The maximum absolute atomic E-state index is 10.7. The van der Waals surface area contributed by atoms with E-state index in [4.69, 9.17) is 5.73 Å². The number of hydrogen-bond acceptors (Lipinski definition) is 7. The van der Waals surface area contributed by atoms with E-state index in [-0.39, 0.29) is 5.00 Å². The highest BCUT2D eigenvalue weighted by Crippen LogP contribution is 2.31. The molecule has 3 N–H and O–H groups in total. The predicted octanol–water partition coefficient (Wildman–Crippen LogP) is 1.62. The second-order valence-corrected chi connectivity index (χ2v) is 6.11.